The minimum absolute atomic E-state index is 0.0454. The molecule has 1 rings (SSSR count). The van der Waals surface area contributed by atoms with Gasteiger partial charge in [0.05, 0.1) is 12.8 Å². The van der Waals surface area contributed by atoms with Crippen LogP contribution in [0.3, 0.4) is 0 Å². The smallest absolute Gasteiger partial charge is 0.224 e. The number of unbranched alkanes of at least 4 members (excludes halogenated alkanes) is 1. The van der Waals surface area contributed by atoms with Gasteiger partial charge in [-0.05, 0) is 31.0 Å². The van der Waals surface area contributed by atoms with Crippen LogP contribution in [0.15, 0.2) is 18.2 Å². The van der Waals surface area contributed by atoms with Gasteiger partial charge in [0.25, 0.3) is 0 Å². The fourth-order valence-electron chi connectivity index (χ4n) is 1.45. The van der Waals surface area contributed by atoms with Gasteiger partial charge in [0.15, 0.2) is 0 Å². The number of benzene rings is 1. The predicted octanol–water partition coefficient (Wildman–Crippen LogP) is 3.13. The second-order valence-corrected chi connectivity index (χ2v) is 3.86. The maximum atomic E-state index is 11.6. The van der Waals surface area contributed by atoms with E-state index in [0.29, 0.717) is 12.2 Å². The number of aryl methyl sites for hydroxylation is 1. The Kier molecular flexibility index (Phi) is 4.83. The molecule has 0 aliphatic heterocycles. The van der Waals surface area contributed by atoms with Crippen LogP contribution in [0.4, 0.5) is 5.69 Å². The Bertz CT molecular complexity index is 361. The molecule has 3 heteroatoms. The van der Waals surface area contributed by atoms with Crippen molar-refractivity contribution < 1.29 is 9.53 Å². The minimum atomic E-state index is 0.0454. The first-order valence-electron chi connectivity index (χ1n) is 5.62. The third-order valence-corrected chi connectivity index (χ3v) is 2.39. The molecular weight excluding hydrogens is 202 g/mol. The SMILES string of the molecule is CCCCC(=O)Nc1ccc(C)cc1OC. The van der Waals surface area contributed by atoms with Crippen molar-refractivity contribution in [1.29, 1.82) is 0 Å². The fraction of sp³-hybridized carbons (Fsp3) is 0.462. The third-order valence-electron chi connectivity index (χ3n) is 2.39. The van der Waals surface area contributed by atoms with Crippen molar-refractivity contribution in [2.24, 2.45) is 0 Å². The molecule has 88 valence electrons. The minimum Gasteiger partial charge on any atom is -0.495 e. The van der Waals surface area contributed by atoms with E-state index in [1.807, 2.05) is 25.1 Å². The van der Waals surface area contributed by atoms with Gasteiger partial charge in [-0.15, -0.1) is 0 Å². The van der Waals surface area contributed by atoms with Crippen LogP contribution in [-0.2, 0) is 4.79 Å². The molecular formula is C13H19NO2. The lowest BCUT2D eigenvalue weighted by molar-refractivity contribution is -0.116. The highest BCUT2D eigenvalue weighted by atomic mass is 16.5. The number of anilines is 1. The average molecular weight is 221 g/mol. The molecule has 1 N–H and O–H groups in total. The monoisotopic (exact) mass is 221 g/mol. The van der Waals surface area contributed by atoms with Gasteiger partial charge in [-0.25, -0.2) is 0 Å². The van der Waals surface area contributed by atoms with Gasteiger partial charge < -0.3 is 10.1 Å². The molecule has 0 unspecified atom stereocenters. The van der Waals surface area contributed by atoms with Gasteiger partial charge >= 0.3 is 0 Å². The molecule has 0 radical (unpaired) electrons. The van der Waals surface area contributed by atoms with Crippen LogP contribution in [0.2, 0.25) is 0 Å². The van der Waals surface area contributed by atoms with Crippen LogP contribution in [0, 0.1) is 6.92 Å². The second kappa shape index (κ2) is 6.16. The number of methoxy groups -OCH3 is 1. The molecule has 0 aliphatic rings. The molecule has 0 aromatic heterocycles. The quantitative estimate of drug-likeness (QED) is 0.829. The van der Waals surface area contributed by atoms with E-state index in [9.17, 15) is 4.79 Å². The molecule has 1 aromatic rings. The number of carbonyl (C=O) groups is 1. The molecule has 0 saturated carbocycles. The second-order valence-electron chi connectivity index (χ2n) is 3.86. The highest BCUT2D eigenvalue weighted by Gasteiger charge is 2.06. The fourth-order valence-corrected chi connectivity index (χ4v) is 1.45. The first kappa shape index (κ1) is 12.6. The zero-order chi connectivity index (χ0) is 12.0. The molecule has 3 nitrogen and oxygen atoms in total. The van der Waals surface area contributed by atoms with Crippen molar-refractivity contribution >= 4 is 11.6 Å². The number of rotatable bonds is 5. The van der Waals surface area contributed by atoms with Crippen LogP contribution in [0.1, 0.15) is 31.7 Å². The molecule has 0 fully saturated rings. The molecule has 16 heavy (non-hydrogen) atoms. The Labute approximate surface area is 96.8 Å². The molecule has 0 aliphatic carbocycles. The van der Waals surface area contributed by atoms with Crippen molar-refractivity contribution in [3.05, 3.63) is 23.8 Å². The van der Waals surface area contributed by atoms with Crippen molar-refractivity contribution in [3.63, 3.8) is 0 Å². The number of amides is 1. The zero-order valence-electron chi connectivity index (χ0n) is 10.2. The van der Waals surface area contributed by atoms with Crippen LogP contribution in [0.25, 0.3) is 0 Å². The topological polar surface area (TPSA) is 38.3 Å². The zero-order valence-corrected chi connectivity index (χ0v) is 10.2. The average Bonchev–Trinajstić information content (AvgIpc) is 2.28. The van der Waals surface area contributed by atoms with Crippen molar-refractivity contribution in [3.8, 4) is 5.75 Å². The molecule has 0 saturated heterocycles. The van der Waals surface area contributed by atoms with E-state index in [0.717, 1.165) is 24.1 Å². The summed E-state index contributed by atoms with van der Waals surface area (Å²) >= 11 is 0. The number of hydrogen-bond acceptors (Lipinski definition) is 2. The van der Waals surface area contributed by atoms with Crippen LogP contribution < -0.4 is 10.1 Å². The van der Waals surface area contributed by atoms with Gasteiger partial charge in [0.1, 0.15) is 5.75 Å². The highest BCUT2D eigenvalue weighted by Crippen LogP contribution is 2.25. The number of hydrogen-bond donors (Lipinski definition) is 1. The predicted molar refractivity (Wildman–Crippen MR) is 65.9 cm³/mol. The summed E-state index contributed by atoms with van der Waals surface area (Å²) in [6.45, 7) is 4.06. The normalized spacial score (nSPS) is 9.94. The largest absolute Gasteiger partial charge is 0.495 e. The third kappa shape index (κ3) is 3.57. The Morgan fingerprint density at radius 3 is 2.81 bits per heavy atom. The molecule has 1 aromatic carbocycles. The lowest BCUT2D eigenvalue weighted by atomic mass is 10.2. The summed E-state index contributed by atoms with van der Waals surface area (Å²) in [4.78, 5) is 11.6. The first-order chi connectivity index (χ1) is 7.67. The van der Waals surface area contributed by atoms with E-state index >= 15 is 0 Å². The Morgan fingerprint density at radius 2 is 2.19 bits per heavy atom. The molecule has 0 heterocycles. The number of carbonyl (C=O) groups excluding carboxylic acids is 1. The van der Waals surface area contributed by atoms with Crippen molar-refractivity contribution in [2.75, 3.05) is 12.4 Å². The van der Waals surface area contributed by atoms with Crippen molar-refractivity contribution in [2.45, 2.75) is 33.1 Å². The lowest BCUT2D eigenvalue weighted by Crippen LogP contribution is -2.11. The van der Waals surface area contributed by atoms with Gasteiger partial charge in [-0.3, -0.25) is 4.79 Å². The number of ether oxygens (including phenoxy) is 1. The van der Waals surface area contributed by atoms with Gasteiger partial charge in [-0.1, -0.05) is 19.4 Å². The summed E-state index contributed by atoms with van der Waals surface area (Å²) in [7, 11) is 1.61. The Hall–Kier alpha value is -1.51. The van der Waals surface area contributed by atoms with Crippen LogP contribution >= 0.6 is 0 Å². The van der Waals surface area contributed by atoms with E-state index in [-0.39, 0.29) is 5.91 Å². The molecule has 1 amide bonds. The molecule has 0 bridgehead atoms. The standard InChI is InChI=1S/C13H19NO2/c1-4-5-6-13(15)14-11-8-7-10(2)9-12(11)16-3/h7-9H,4-6H2,1-3H3,(H,14,15). The molecule has 0 atom stereocenters. The summed E-state index contributed by atoms with van der Waals surface area (Å²) in [6, 6.07) is 5.74. The summed E-state index contributed by atoms with van der Waals surface area (Å²) in [6.07, 6.45) is 2.51. The van der Waals surface area contributed by atoms with Crippen LogP contribution in [0.5, 0.6) is 5.75 Å². The first-order valence-corrected chi connectivity index (χ1v) is 5.62. The Balaban J connectivity index is 2.69. The van der Waals surface area contributed by atoms with Gasteiger partial charge in [0, 0.05) is 6.42 Å². The summed E-state index contributed by atoms with van der Waals surface area (Å²) < 4.78 is 5.22. The highest BCUT2D eigenvalue weighted by molar-refractivity contribution is 5.92. The van der Waals surface area contributed by atoms with E-state index in [1.165, 1.54) is 0 Å². The summed E-state index contributed by atoms with van der Waals surface area (Å²) in [5.74, 6) is 0.758. The van der Waals surface area contributed by atoms with Crippen LogP contribution in [-0.4, -0.2) is 13.0 Å². The summed E-state index contributed by atoms with van der Waals surface area (Å²) in [5, 5.41) is 2.86. The Morgan fingerprint density at radius 1 is 1.44 bits per heavy atom. The maximum Gasteiger partial charge on any atom is 0.224 e. The van der Waals surface area contributed by atoms with E-state index < -0.39 is 0 Å². The van der Waals surface area contributed by atoms with Crippen molar-refractivity contribution in [1.82, 2.24) is 0 Å². The molecule has 0 spiro atoms. The van der Waals surface area contributed by atoms with E-state index in [2.05, 4.69) is 12.2 Å². The van der Waals surface area contributed by atoms with E-state index in [4.69, 9.17) is 4.74 Å². The van der Waals surface area contributed by atoms with Gasteiger partial charge in [-0.2, -0.15) is 0 Å². The summed E-state index contributed by atoms with van der Waals surface area (Å²) in [5.41, 5.74) is 1.86. The lowest BCUT2D eigenvalue weighted by Gasteiger charge is -2.10. The van der Waals surface area contributed by atoms with Gasteiger partial charge in [0.2, 0.25) is 5.91 Å². The van der Waals surface area contributed by atoms with E-state index in [1.54, 1.807) is 7.11 Å². The number of nitrogens with one attached hydrogen (secondary N) is 1. The maximum absolute atomic E-state index is 11.6.